The van der Waals surface area contributed by atoms with Gasteiger partial charge in [-0.2, -0.15) is 0 Å². The van der Waals surface area contributed by atoms with Gasteiger partial charge < -0.3 is 5.32 Å². The van der Waals surface area contributed by atoms with Gasteiger partial charge in [-0.3, -0.25) is 14.8 Å². The van der Waals surface area contributed by atoms with Crippen LogP contribution in [-0.2, 0) is 0 Å². The first kappa shape index (κ1) is 14.3. The summed E-state index contributed by atoms with van der Waals surface area (Å²) >= 11 is 1.57. The van der Waals surface area contributed by atoms with Crippen molar-refractivity contribution in [3.05, 3.63) is 46.5 Å². The summed E-state index contributed by atoms with van der Waals surface area (Å²) in [4.78, 5) is 22.0. The van der Waals surface area contributed by atoms with Crippen molar-refractivity contribution in [3.63, 3.8) is 0 Å². The van der Waals surface area contributed by atoms with Crippen LogP contribution in [-0.4, -0.2) is 25.9 Å². The zero-order valence-corrected chi connectivity index (χ0v) is 12.2. The smallest absolute Gasteiger partial charge is 0.251 e. The molecule has 0 spiro atoms. The molecule has 1 aromatic carbocycles. The van der Waals surface area contributed by atoms with E-state index in [9.17, 15) is 4.79 Å². The Kier molecular flexibility index (Phi) is 4.53. The minimum Gasteiger partial charge on any atom is -0.355 e. The van der Waals surface area contributed by atoms with Crippen LogP contribution < -0.4 is 5.32 Å². The fraction of sp³-hybridized carbons (Fsp3) is 0.133. The lowest BCUT2D eigenvalue weighted by atomic mass is 10.2. The van der Waals surface area contributed by atoms with Gasteiger partial charge in [-0.05, 0) is 31.8 Å². The molecule has 1 amide bonds. The Morgan fingerprint density at radius 3 is 2.95 bits per heavy atom. The number of benzene rings is 1. The van der Waals surface area contributed by atoms with Gasteiger partial charge in [0.25, 0.3) is 5.91 Å². The summed E-state index contributed by atoms with van der Waals surface area (Å²) in [5, 5.41) is 2.61. The van der Waals surface area contributed by atoms with E-state index in [1.54, 1.807) is 37.2 Å². The SMILES string of the molecule is C=NC1=C(/C=C\C)Sc2ccc(C(=O)NC)cc2N=C1. The molecule has 20 heavy (non-hydrogen) atoms. The Hall–Kier alpha value is -2.14. The van der Waals surface area contributed by atoms with Crippen LogP contribution in [0.2, 0.25) is 0 Å². The quantitative estimate of drug-likeness (QED) is 0.866. The molecular formula is C15H15N3OS. The van der Waals surface area contributed by atoms with Gasteiger partial charge in [-0.1, -0.05) is 23.9 Å². The average molecular weight is 285 g/mol. The molecule has 1 aliphatic heterocycles. The van der Waals surface area contributed by atoms with E-state index < -0.39 is 0 Å². The number of carbonyl (C=O) groups excluding carboxylic acids is 1. The molecule has 1 aromatic rings. The van der Waals surface area contributed by atoms with Gasteiger partial charge in [-0.15, -0.1) is 0 Å². The summed E-state index contributed by atoms with van der Waals surface area (Å²) < 4.78 is 0. The van der Waals surface area contributed by atoms with E-state index in [1.165, 1.54) is 0 Å². The van der Waals surface area contributed by atoms with Gasteiger partial charge >= 0.3 is 0 Å². The zero-order valence-electron chi connectivity index (χ0n) is 11.4. The van der Waals surface area contributed by atoms with Crippen molar-refractivity contribution >= 4 is 36.3 Å². The standard InChI is InChI=1S/C15H15N3OS/c1-4-5-13-12(16-2)9-18-11-8-10(15(19)17-3)6-7-14(11)20-13/h4-9H,2H2,1,3H3,(H,17,19)/b5-4-. The van der Waals surface area contributed by atoms with Crippen LogP contribution in [0, 0.1) is 0 Å². The molecule has 4 nitrogen and oxygen atoms in total. The summed E-state index contributed by atoms with van der Waals surface area (Å²) in [5.41, 5.74) is 2.08. The molecule has 0 atom stereocenters. The summed E-state index contributed by atoms with van der Waals surface area (Å²) in [6.07, 6.45) is 5.60. The van der Waals surface area contributed by atoms with E-state index in [0.29, 0.717) is 5.56 Å². The molecule has 2 rings (SSSR count). The number of aliphatic imine (C=N–C) groups is 2. The second-order valence-corrected chi connectivity index (χ2v) is 5.11. The highest BCUT2D eigenvalue weighted by atomic mass is 32.2. The van der Waals surface area contributed by atoms with Crippen LogP contribution in [0.3, 0.4) is 0 Å². The first-order chi connectivity index (χ1) is 9.69. The van der Waals surface area contributed by atoms with Crippen LogP contribution in [0.15, 0.2) is 55.8 Å². The summed E-state index contributed by atoms with van der Waals surface area (Å²) in [7, 11) is 1.61. The fourth-order valence-electron chi connectivity index (χ4n) is 1.74. The summed E-state index contributed by atoms with van der Waals surface area (Å²) in [5.74, 6) is -0.124. The Balaban J connectivity index is 2.46. The molecule has 1 aliphatic rings. The third-order valence-corrected chi connectivity index (χ3v) is 3.87. The van der Waals surface area contributed by atoms with Crippen LogP contribution in [0.25, 0.3) is 0 Å². The van der Waals surface area contributed by atoms with Crippen molar-refractivity contribution in [3.8, 4) is 0 Å². The predicted molar refractivity (Wildman–Crippen MR) is 85.2 cm³/mol. The number of allylic oxidation sites excluding steroid dienone is 3. The molecule has 102 valence electrons. The molecule has 0 unspecified atom stereocenters. The van der Waals surface area contributed by atoms with Crippen LogP contribution in [0.4, 0.5) is 5.69 Å². The molecule has 0 radical (unpaired) electrons. The molecule has 0 fully saturated rings. The lowest BCUT2D eigenvalue weighted by molar-refractivity contribution is 0.0963. The van der Waals surface area contributed by atoms with Gasteiger partial charge in [0.15, 0.2) is 0 Å². The van der Waals surface area contributed by atoms with E-state index in [2.05, 4.69) is 22.0 Å². The number of nitrogens with one attached hydrogen (secondary N) is 1. The second-order valence-electron chi connectivity index (χ2n) is 4.03. The van der Waals surface area contributed by atoms with Crippen LogP contribution in [0.1, 0.15) is 17.3 Å². The van der Waals surface area contributed by atoms with Gasteiger partial charge in [0.05, 0.1) is 17.6 Å². The van der Waals surface area contributed by atoms with Crippen molar-refractivity contribution in [1.29, 1.82) is 0 Å². The largest absolute Gasteiger partial charge is 0.355 e. The number of rotatable bonds is 3. The Bertz CT molecular complexity index is 645. The third kappa shape index (κ3) is 2.88. The maximum atomic E-state index is 11.7. The normalized spacial score (nSPS) is 14.1. The fourth-order valence-corrected chi connectivity index (χ4v) is 2.76. The number of fused-ring (bicyclic) bond motifs is 1. The molecule has 1 heterocycles. The number of carbonyl (C=O) groups is 1. The maximum absolute atomic E-state index is 11.7. The van der Waals surface area contributed by atoms with E-state index in [0.717, 1.165) is 21.2 Å². The predicted octanol–water partition coefficient (Wildman–Crippen LogP) is 3.34. The van der Waals surface area contributed by atoms with E-state index in [4.69, 9.17) is 0 Å². The number of hydrogen-bond acceptors (Lipinski definition) is 4. The van der Waals surface area contributed by atoms with Gasteiger partial charge in [0.2, 0.25) is 0 Å². The minimum absolute atomic E-state index is 0.124. The third-order valence-electron chi connectivity index (χ3n) is 2.73. The van der Waals surface area contributed by atoms with E-state index in [-0.39, 0.29) is 5.91 Å². The summed E-state index contributed by atoms with van der Waals surface area (Å²) in [6.45, 7) is 5.52. The number of thioether (sulfide) groups is 1. The second kappa shape index (κ2) is 6.34. The summed E-state index contributed by atoms with van der Waals surface area (Å²) in [6, 6.07) is 5.47. The van der Waals surface area contributed by atoms with Gasteiger partial charge in [0, 0.05) is 22.4 Å². The first-order valence-electron chi connectivity index (χ1n) is 6.11. The highest BCUT2D eigenvalue weighted by Crippen LogP contribution is 2.39. The van der Waals surface area contributed by atoms with Crippen LogP contribution >= 0.6 is 11.8 Å². The van der Waals surface area contributed by atoms with Gasteiger partial charge in [-0.25, -0.2) is 0 Å². The van der Waals surface area contributed by atoms with E-state index in [1.807, 2.05) is 25.1 Å². The Morgan fingerprint density at radius 1 is 1.50 bits per heavy atom. The molecule has 0 saturated heterocycles. The minimum atomic E-state index is -0.124. The molecule has 0 saturated carbocycles. The van der Waals surface area contributed by atoms with Crippen LogP contribution in [0.5, 0.6) is 0 Å². The monoisotopic (exact) mass is 285 g/mol. The highest BCUT2D eigenvalue weighted by Gasteiger charge is 2.14. The molecular weight excluding hydrogens is 270 g/mol. The van der Waals surface area contributed by atoms with Crippen molar-refractivity contribution in [2.24, 2.45) is 9.98 Å². The molecule has 0 aromatic heterocycles. The lowest BCUT2D eigenvalue weighted by Crippen LogP contribution is -2.17. The van der Waals surface area contributed by atoms with Gasteiger partial charge in [0.1, 0.15) is 0 Å². The lowest BCUT2D eigenvalue weighted by Gasteiger charge is -2.06. The topological polar surface area (TPSA) is 53.8 Å². The molecule has 0 bridgehead atoms. The average Bonchev–Trinajstić information content (AvgIpc) is 2.65. The number of amides is 1. The van der Waals surface area contributed by atoms with Crippen molar-refractivity contribution in [2.45, 2.75) is 11.8 Å². The zero-order chi connectivity index (χ0) is 14.5. The number of nitrogens with zero attached hydrogens (tertiary/aromatic N) is 2. The number of hydrogen-bond donors (Lipinski definition) is 1. The maximum Gasteiger partial charge on any atom is 0.251 e. The molecule has 5 heteroatoms. The van der Waals surface area contributed by atoms with Crippen molar-refractivity contribution < 1.29 is 4.79 Å². The van der Waals surface area contributed by atoms with E-state index >= 15 is 0 Å². The Labute approximate surface area is 122 Å². The Morgan fingerprint density at radius 2 is 2.30 bits per heavy atom. The molecule has 0 aliphatic carbocycles. The highest BCUT2D eigenvalue weighted by molar-refractivity contribution is 8.03. The van der Waals surface area contributed by atoms with Crippen molar-refractivity contribution in [2.75, 3.05) is 7.05 Å². The molecule has 1 N–H and O–H groups in total. The van der Waals surface area contributed by atoms with Crippen molar-refractivity contribution in [1.82, 2.24) is 5.32 Å². The first-order valence-corrected chi connectivity index (χ1v) is 6.93.